The van der Waals surface area contributed by atoms with Crippen LogP contribution in [0.5, 0.6) is 0 Å². The van der Waals surface area contributed by atoms with E-state index < -0.39 is 10.8 Å². The Morgan fingerprint density at radius 2 is 0.818 bits per heavy atom. The van der Waals surface area contributed by atoms with Crippen LogP contribution in [-0.4, -0.2) is 54.0 Å². The van der Waals surface area contributed by atoms with Crippen molar-refractivity contribution >= 4 is 11.4 Å². The molecule has 4 aliphatic rings. The number of benzene rings is 2. The van der Waals surface area contributed by atoms with Crippen molar-refractivity contribution in [3.63, 3.8) is 0 Å². The Labute approximate surface area is 413 Å². The van der Waals surface area contributed by atoms with Crippen LogP contribution >= 0.6 is 0 Å². The van der Waals surface area contributed by atoms with Crippen LogP contribution < -0.4 is 20.0 Å². The molecule has 2 aliphatic heterocycles. The van der Waals surface area contributed by atoms with Crippen LogP contribution in [0.1, 0.15) is 72.5 Å². The minimum absolute atomic E-state index is 0. The van der Waals surface area contributed by atoms with Crippen LogP contribution in [0.15, 0.2) is 158 Å². The minimum Gasteiger partial charge on any atom is -0.581 e. The summed E-state index contributed by atoms with van der Waals surface area (Å²) in [5.74, 6) is 0. The zero-order chi connectivity index (χ0) is 43.7. The average Bonchev–Trinajstić information content (AvgIpc) is 4.22. The first-order chi connectivity index (χ1) is 31.2. The summed E-state index contributed by atoms with van der Waals surface area (Å²) in [6, 6.07) is 32.2. The summed E-state index contributed by atoms with van der Waals surface area (Å²) in [5, 5.41) is 17.5. The molecule has 0 unspecified atom stereocenters. The zero-order valence-electron chi connectivity index (χ0n) is 36.9. The Morgan fingerprint density at radius 1 is 0.470 bits per heavy atom. The maximum atomic E-state index is 4.55. The molecule has 0 fully saturated rings. The van der Waals surface area contributed by atoms with E-state index in [-0.39, 0.29) is 42.1 Å². The molecular formula is C52H42N12Pt2-6. The van der Waals surface area contributed by atoms with Gasteiger partial charge in [-0.15, -0.1) is 22.5 Å². The Bertz CT molecular complexity index is 2840. The molecule has 2 aliphatic carbocycles. The second-order valence-corrected chi connectivity index (χ2v) is 16.5. The Balaban J connectivity index is 0.000000161. The van der Waals surface area contributed by atoms with Crippen molar-refractivity contribution in [1.29, 1.82) is 0 Å². The molecular weight excluding hydrogens is 1180 g/mol. The summed E-state index contributed by atoms with van der Waals surface area (Å²) < 4.78 is 0. The molecule has 0 N–H and O–H groups in total. The normalized spacial score (nSPS) is 16.0. The van der Waals surface area contributed by atoms with E-state index in [1.54, 1.807) is 12.4 Å². The topological polar surface area (TPSA) is 118 Å². The second kappa shape index (κ2) is 17.4. The fraction of sp³-hybridized carbons (Fsp3) is 0.154. The van der Waals surface area contributed by atoms with E-state index in [9.17, 15) is 0 Å². The Hall–Kier alpha value is -6.48. The predicted molar refractivity (Wildman–Crippen MR) is 244 cm³/mol. The fourth-order valence-electron chi connectivity index (χ4n) is 9.95. The maximum absolute atomic E-state index is 4.55. The van der Waals surface area contributed by atoms with Crippen molar-refractivity contribution in [1.82, 2.24) is 50.1 Å². The van der Waals surface area contributed by atoms with Gasteiger partial charge in [-0.05, 0) is 122 Å². The summed E-state index contributed by atoms with van der Waals surface area (Å²) >= 11 is 0. The van der Waals surface area contributed by atoms with Gasteiger partial charge in [0.2, 0.25) is 0 Å². The van der Waals surface area contributed by atoms with Crippen LogP contribution in [0.25, 0.3) is 22.3 Å². The zero-order valence-corrected chi connectivity index (χ0v) is 41.4. The summed E-state index contributed by atoms with van der Waals surface area (Å²) in [6.07, 6.45) is 18.6. The summed E-state index contributed by atoms with van der Waals surface area (Å²) in [4.78, 5) is 26.6. The number of fused-ring (bicyclic) bond motifs is 6. The first-order valence-corrected chi connectivity index (χ1v) is 21.1. The van der Waals surface area contributed by atoms with Crippen LogP contribution in [-0.2, 0) is 53.0 Å². The number of allylic oxidation sites excluding steroid dienone is 4. The third-order valence-electron chi connectivity index (χ3n) is 13.5. The SMILES string of the molecule is CC1=C(C)N(c2[c-]c(C3(c4cc[n-]n4)c4cnccc4-c4ccncc43)ccc2)[CH-]N1C.CC1=C(C)N(c2[c-]c(C3(c4cc[n-]n4)c4cnccc4-c4ccncc43)ccc2)[CH-]N1C.[Pt].[Pt]. The quantitative estimate of drug-likeness (QED) is 0.149. The fourth-order valence-corrected chi connectivity index (χ4v) is 9.95. The van der Waals surface area contributed by atoms with Crippen LogP contribution in [0.3, 0.4) is 0 Å². The van der Waals surface area contributed by atoms with Gasteiger partial charge in [-0.1, -0.05) is 12.1 Å². The molecule has 8 aromatic rings. The molecule has 66 heavy (non-hydrogen) atoms. The molecule has 8 heterocycles. The molecule has 12 rings (SSSR count). The van der Waals surface area contributed by atoms with E-state index in [0.29, 0.717) is 0 Å². The van der Waals surface area contributed by atoms with Crippen LogP contribution in [0, 0.1) is 25.5 Å². The Morgan fingerprint density at radius 3 is 1.11 bits per heavy atom. The monoisotopic (exact) mass is 1220 g/mol. The number of hydrogen-bond acceptors (Lipinski definition) is 10. The van der Waals surface area contributed by atoms with Crippen molar-refractivity contribution in [3.8, 4) is 22.3 Å². The molecule has 0 saturated heterocycles. The molecule has 14 heteroatoms. The van der Waals surface area contributed by atoms with Gasteiger partial charge in [0.05, 0.1) is 10.8 Å². The van der Waals surface area contributed by atoms with E-state index in [2.05, 4.69) is 188 Å². The number of rotatable bonds is 6. The van der Waals surface area contributed by atoms with E-state index in [0.717, 1.165) is 78.4 Å². The van der Waals surface area contributed by atoms with Gasteiger partial charge < -0.3 is 40.0 Å². The van der Waals surface area contributed by atoms with Gasteiger partial charge in [0, 0.05) is 114 Å². The number of pyridine rings is 4. The van der Waals surface area contributed by atoms with Crippen LogP contribution in [0.4, 0.5) is 11.4 Å². The maximum Gasteiger partial charge on any atom is 0.0674 e. The van der Waals surface area contributed by atoms with Gasteiger partial charge in [0.1, 0.15) is 0 Å². The van der Waals surface area contributed by atoms with Crippen molar-refractivity contribution < 1.29 is 42.1 Å². The third kappa shape index (κ3) is 6.55. The molecule has 6 aromatic heterocycles. The minimum atomic E-state index is -0.683. The van der Waals surface area contributed by atoms with Gasteiger partial charge in [-0.2, -0.15) is 74.3 Å². The molecule has 12 nitrogen and oxygen atoms in total. The largest absolute Gasteiger partial charge is 0.581 e. The first-order valence-electron chi connectivity index (χ1n) is 21.1. The smallest absolute Gasteiger partial charge is 0.0674 e. The molecule has 0 radical (unpaired) electrons. The second-order valence-electron chi connectivity index (χ2n) is 16.5. The van der Waals surface area contributed by atoms with Gasteiger partial charge in [-0.3, -0.25) is 19.9 Å². The first kappa shape index (κ1) is 44.7. The van der Waals surface area contributed by atoms with Gasteiger partial charge >= 0.3 is 0 Å². The molecule has 336 valence electrons. The molecule has 0 bridgehead atoms. The van der Waals surface area contributed by atoms with E-state index >= 15 is 0 Å². The number of aromatic nitrogens is 8. The van der Waals surface area contributed by atoms with E-state index in [1.807, 2.05) is 61.7 Å². The number of hydrogen-bond donors (Lipinski definition) is 0. The third-order valence-corrected chi connectivity index (χ3v) is 13.5. The molecule has 2 aromatic carbocycles. The van der Waals surface area contributed by atoms with Crippen LogP contribution in [0.2, 0.25) is 0 Å². The van der Waals surface area contributed by atoms with Crippen molar-refractivity contribution in [2.75, 3.05) is 23.9 Å². The Kier molecular flexibility index (Phi) is 11.8. The van der Waals surface area contributed by atoms with Crippen molar-refractivity contribution in [3.05, 3.63) is 228 Å². The molecule has 0 atom stereocenters. The van der Waals surface area contributed by atoms with Gasteiger partial charge in [-0.25, -0.2) is 0 Å². The number of anilines is 2. The summed E-state index contributed by atoms with van der Waals surface area (Å²) in [7, 11) is 4.12. The van der Waals surface area contributed by atoms with Gasteiger partial charge in [0.25, 0.3) is 0 Å². The summed E-state index contributed by atoms with van der Waals surface area (Å²) in [5.41, 5.74) is 17.9. The number of nitrogens with zero attached hydrogens (tertiary/aromatic N) is 12. The summed E-state index contributed by atoms with van der Waals surface area (Å²) in [6.45, 7) is 12.7. The molecule has 0 amide bonds. The average molecular weight is 1230 g/mol. The van der Waals surface area contributed by atoms with Crippen molar-refractivity contribution in [2.45, 2.75) is 38.5 Å². The standard InChI is InChI=1S/2C26H21N6.2Pt/c2*1-17-18(2)32(16-31(17)3)20-6-4-5-19(13-20)26(25-9-12-29-30-25)23-14-27-10-7-21(23)22-8-11-28-15-24(22)26;;/h2*4-12,14-16H,1-3H3;;/q2*-3;;. The van der Waals surface area contributed by atoms with E-state index in [4.69, 9.17) is 0 Å². The van der Waals surface area contributed by atoms with E-state index in [1.165, 1.54) is 22.8 Å². The van der Waals surface area contributed by atoms with Gasteiger partial charge in [0.15, 0.2) is 0 Å². The molecule has 0 spiro atoms. The van der Waals surface area contributed by atoms with Crippen molar-refractivity contribution in [2.24, 2.45) is 0 Å². The molecule has 0 saturated carbocycles. The predicted octanol–water partition coefficient (Wildman–Crippen LogP) is 8.22.